The van der Waals surface area contributed by atoms with E-state index in [2.05, 4.69) is 5.32 Å². The minimum absolute atomic E-state index is 0.176. The minimum atomic E-state index is -0.784. The lowest BCUT2D eigenvalue weighted by Gasteiger charge is -2.35. The summed E-state index contributed by atoms with van der Waals surface area (Å²) in [4.78, 5) is 40.6. The van der Waals surface area contributed by atoms with Crippen molar-refractivity contribution < 1.29 is 14.4 Å². The Bertz CT molecular complexity index is 686. The molecule has 3 amide bonds. The van der Waals surface area contributed by atoms with Crippen molar-refractivity contribution in [2.75, 3.05) is 19.6 Å². The summed E-state index contributed by atoms with van der Waals surface area (Å²) >= 11 is 0. The van der Waals surface area contributed by atoms with E-state index >= 15 is 0 Å². The van der Waals surface area contributed by atoms with Crippen LogP contribution in [0.5, 0.6) is 0 Å². The van der Waals surface area contributed by atoms with Crippen LogP contribution in [-0.2, 0) is 4.79 Å². The number of piperazine rings is 1. The smallest absolute Gasteiger partial charge is 0.262 e. The van der Waals surface area contributed by atoms with Crippen molar-refractivity contribution in [3.05, 3.63) is 34.9 Å². The second-order valence-corrected chi connectivity index (χ2v) is 6.34. The molecule has 1 N–H and O–H groups in total. The second kappa shape index (κ2) is 5.77. The fourth-order valence-electron chi connectivity index (χ4n) is 3.23. The van der Waals surface area contributed by atoms with Crippen LogP contribution in [0.2, 0.25) is 0 Å². The van der Waals surface area contributed by atoms with Gasteiger partial charge in [0.25, 0.3) is 11.8 Å². The summed E-state index contributed by atoms with van der Waals surface area (Å²) in [5, 5.41) is 3.27. The summed E-state index contributed by atoms with van der Waals surface area (Å²) in [6.07, 6.45) is 0. The molecular formula is C17H21N3O3. The molecule has 6 heteroatoms. The Morgan fingerprint density at radius 2 is 1.96 bits per heavy atom. The molecule has 3 rings (SSSR count). The maximum absolute atomic E-state index is 12.7. The summed E-state index contributed by atoms with van der Waals surface area (Å²) in [5.74, 6) is -0.934. The number of carbonyl (C=O) groups excluding carboxylic acids is 3. The van der Waals surface area contributed by atoms with Crippen molar-refractivity contribution in [2.24, 2.45) is 0 Å². The Balaban J connectivity index is 1.83. The van der Waals surface area contributed by atoms with E-state index < -0.39 is 6.04 Å². The molecule has 23 heavy (non-hydrogen) atoms. The number of benzene rings is 1. The molecule has 2 aliphatic heterocycles. The largest absolute Gasteiger partial charge is 0.338 e. The van der Waals surface area contributed by atoms with Crippen molar-refractivity contribution in [3.63, 3.8) is 0 Å². The lowest BCUT2D eigenvalue weighted by Crippen LogP contribution is -2.56. The Labute approximate surface area is 135 Å². The number of imide groups is 1. The standard InChI is InChI=1S/C17H21N3O3/c1-10-4-5-13-14(8-10)17(23)20(16(13)22)12(3)15(21)19-7-6-18-11(2)9-19/h4-5,8,11-12,18H,6-7,9H2,1-3H3. The van der Waals surface area contributed by atoms with Crippen molar-refractivity contribution in [3.8, 4) is 0 Å². The molecule has 1 fully saturated rings. The van der Waals surface area contributed by atoms with Crippen molar-refractivity contribution in [1.82, 2.24) is 15.1 Å². The molecule has 2 atom stereocenters. The van der Waals surface area contributed by atoms with Crippen molar-refractivity contribution in [2.45, 2.75) is 32.9 Å². The normalized spacial score (nSPS) is 22.3. The fraction of sp³-hybridized carbons (Fsp3) is 0.471. The van der Waals surface area contributed by atoms with Gasteiger partial charge in [-0.3, -0.25) is 19.3 Å². The van der Waals surface area contributed by atoms with Crippen LogP contribution in [0.25, 0.3) is 0 Å². The van der Waals surface area contributed by atoms with Crippen LogP contribution >= 0.6 is 0 Å². The highest BCUT2D eigenvalue weighted by Gasteiger charge is 2.42. The first-order chi connectivity index (χ1) is 10.9. The predicted molar refractivity (Wildman–Crippen MR) is 85.2 cm³/mol. The van der Waals surface area contributed by atoms with Gasteiger partial charge in [0.1, 0.15) is 6.04 Å². The molecule has 0 aliphatic carbocycles. The SMILES string of the molecule is Cc1ccc2c(c1)C(=O)N(C(C)C(=O)N1CCNC(C)C1)C2=O. The summed E-state index contributed by atoms with van der Waals surface area (Å²) < 4.78 is 0. The van der Waals surface area contributed by atoms with Gasteiger partial charge < -0.3 is 10.2 Å². The molecule has 2 unspecified atom stereocenters. The molecular weight excluding hydrogens is 294 g/mol. The lowest BCUT2D eigenvalue weighted by atomic mass is 10.1. The van der Waals surface area contributed by atoms with E-state index in [4.69, 9.17) is 0 Å². The molecule has 0 radical (unpaired) electrons. The van der Waals surface area contributed by atoms with E-state index in [-0.39, 0.29) is 23.8 Å². The molecule has 0 bridgehead atoms. The van der Waals surface area contributed by atoms with Gasteiger partial charge in [-0.2, -0.15) is 0 Å². The van der Waals surface area contributed by atoms with Crippen LogP contribution in [0.15, 0.2) is 18.2 Å². The van der Waals surface area contributed by atoms with E-state index in [1.165, 1.54) is 0 Å². The van der Waals surface area contributed by atoms with E-state index in [9.17, 15) is 14.4 Å². The Hall–Kier alpha value is -2.21. The van der Waals surface area contributed by atoms with Gasteiger partial charge >= 0.3 is 0 Å². The number of nitrogens with zero attached hydrogens (tertiary/aromatic N) is 2. The number of hydrogen-bond donors (Lipinski definition) is 1. The maximum atomic E-state index is 12.7. The Kier molecular flexibility index (Phi) is 3.93. The van der Waals surface area contributed by atoms with Crippen molar-refractivity contribution in [1.29, 1.82) is 0 Å². The Morgan fingerprint density at radius 3 is 2.65 bits per heavy atom. The lowest BCUT2D eigenvalue weighted by molar-refractivity contribution is -0.136. The minimum Gasteiger partial charge on any atom is -0.338 e. The van der Waals surface area contributed by atoms with E-state index in [1.807, 2.05) is 13.8 Å². The quantitative estimate of drug-likeness (QED) is 0.820. The van der Waals surface area contributed by atoms with Gasteiger partial charge in [-0.15, -0.1) is 0 Å². The number of amides is 3. The number of rotatable bonds is 2. The maximum Gasteiger partial charge on any atom is 0.262 e. The van der Waals surface area contributed by atoms with Gasteiger partial charge in [-0.1, -0.05) is 11.6 Å². The van der Waals surface area contributed by atoms with Crippen molar-refractivity contribution >= 4 is 17.7 Å². The molecule has 1 aromatic carbocycles. The molecule has 6 nitrogen and oxygen atoms in total. The summed E-state index contributed by atoms with van der Waals surface area (Å²) in [7, 11) is 0. The van der Waals surface area contributed by atoms with Crippen LogP contribution in [-0.4, -0.2) is 59.2 Å². The first-order valence-corrected chi connectivity index (χ1v) is 7.91. The second-order valence-electron chi connectivity index (χ2n) is 6.34. The third-order valence-corrected chi connectivity index (χ3v) is 4.50. The molecule has 0 aromatic heterocycles. The molecule has 2 aliphatic rings. The molecule has 0 spiro atoms. The predicted octanol–water partition coefficient (Wildman–Crippen LogP) is 0.800. The summed E-state index contributed by atoms with van der Waals surface area (Å²) in [6.45, 7) is 7.41. The van der Waals surface area contributed by atoms with Gasteiger partial charge in [0.15, 0.2) is 0 Å². The highest BCUT2D eigenvalue weighted by Crippen LogP contribution is 2.26. The molecule has 1 aromatic rings. The van der Waals surface area contributed by atoms with Gasteiger partial charge in [0.2, 0.25) is 5.91 Å². The summed E-state index contributed by atoms with van der Waals surface area (Å²) in [6, 6.07) is 4.60. The third-order valence-electron chi connectivity index (χ3n) is 4.50. The number of carbonyl (C=O) groups is 3. The van der Waals surface area contributed by atoms with Crippen LogP contribution in [0.3, 0.4) is 0 Å². The van der Waals surface area contributed by atoms with Gasteiger partial charge in [0.05, 0.1) is 11.1 Å². The Morgan fingerprint density at radius 1 is 1.26 bits per heavy atom. The third kappa shape index (κ3) is 2.63. The van der Waals surface area contributed by atoms with Crippen LogP contribution in [0, 0.1) is 6.92 Å². The zero-order chi connectivity index (χ0) is 16.7. The van der Waals surface area contributed by atoms with Crippen LogP contribution < -0.4 is 5.32 Å². The molecule has 0 saturated carbocycles. The first-order valence-electron chi connectivity index (χ1n) is 7.91. The topological polar surface area (TPSA) is 69.7 Å². The van der Waals surface area contributed by atoms with Gasteiger partial charge in [0, 0.05) is 25.7 Å². The van der Waals surface area contributed by atoms with E-state index in [0.29, 0.717) is 24.2 Å². The number of nitrogens with one attached hydrogen (secondary N) is 1. The molecule has 122 valence electrons. The fourth-order valence-corrected chi connectivity index (χ4v) is 3.23. The molecule has 1 saturated heterocycles. The van der Waals surface area contributed by atoms with Crippen LogP contribution in [0.4, 0.5) is 0 Å². The average Bonchev–Trinajstić information content (AvgIpc) is 2.77. The van der Waals surface area contributed by atoms with Crippen LogP contribution in [0.1, 0.15) is 40.1 Å². The monoisotopic (exact) mass is 315 g/mol. The summed E-state index contributed by atoms with van der Waals surface area (Å²) in [5.41, 5.74) is 1.69. The highest BCUT2D eigenvalue weighted by atomic mass is 16.2. The zero-order valence-electron chi connectivity index (χ0n) is 13.6. The average molecular weight is 315 g/mol. The number of aryl methyl sites for hydroxylation is 1. The van der Waals surface area contributed by atoms with E-state index in [1.54, 1.807) is 30.0 Å². The number of hydrogen-bond acceptors (Lipinski definition) is 4. The van der Waals surface area contributed by atoms with Gasteiger partial charge in [-0.05, 0) is 32.9 Å². The highest BCUT2D eigenvalue weighted by molar-refractivity contribution is 6.22. The number of fused-ring (bicyclic) bond motifs is 1. The van der Waals surface area contributed by atoms with Gasteiger partial charge in [-0.25, -0.2) is 0 Å². The first kappa shape index (κ1) is 15.7. The zero-order valence-corrected chi connectivity index (χ0v) is 13.6. The van der Waals surface area contributed by atoms with E-state index in [0.717, 1.165) is 17.0 Å². The molecule has 2 heterocycles.